The number of amides is 1. The fourth-order valence-electron chi connectivity index (χ4n) is 13.5. The van der Waals surface area contributed by atoms with Gasteiger partial charge in [0.15, 0.2) is 6.29 Å². The smallest absolute Gasteiger partial charge is 0.223 e. The van der Waals surface area contributed by atoms with Gasteiger partial charge in [-0.15, -0.1) is 0 Å². The Morgan fingerprint density at radius 2 is 1.81 bits per heavy atom. The van der Waals surface area contributed by atoms with Crippen LogP contribution in [0.4, 0.5) is 8.78 Å². The predicted octanol–water partition coefficient (Wildman–Crippen LogP) is 7.63. The Balaban J connectivity index is 0.946. The largest absolute Gasteiger partial charge is 0.390 e. The predicted molar refractivity (Wildman–Crippen MR) is 195 cm³/mol. The maximum absolute atomic E-state index is 13.8. The number of fused-ring (bicyclic) bond motifs is 5. The minimum atomic E-state index is -0.564. The zero-order valence-electron chi connectivity index (χ0n) is 32.3. The van der Waals surface area contributed by atoms with Gasteiger partial charge in [0.2, 0.25) is 5.91 Å². The van der Waals surface area contributed by atoms with Crippen molar-refractivity contribution in [1.29, 1.82) is 0 Å². The zero-order chi connectivity index (χ0) is 36.6. The summed E-state index contributed by atoms with van der Waals surface area (Å²) in [7, 11) is 0. The lowest BCUT2D eigenvalue weighted by atomic mass is 9.41. The number of aliphatic hydroxyl groups excluding tert-OH is 1. The van der Waals surface area contributed by atoms with E-state index in [1.54, 1.807) is 0 Å². The molecule has 7 aliphatic rings. The topological polar surface area (TPSA) is 80.3 Å². The van der Waals surface area contributed by atoms with E-state index in [0.29, 0.717) is 74.4 Å². The van der Waals surface area contributed by atoms with Crippen LogP contribution in [0.15, 0.2) is 18.2 Å². The van der Waals surface area contributed by atoms with Crippen LogP contribution in [0.25, 0.3) is 0 Å². The number of ether oxygens (including phenoxy) is 3. The van der Waals surface area contributed by atoms with Crippen LogP contribution in [0.1, 0.15) is 117 Å². The van der Waals surface area contributed by atoms with E-state index in [1.807, 2.05) is 4.90 Å². The van der Waals surface area contributed by atoms with E-state index >= 15 is 0 Å². The number of halogens is 2. The summed E-state index contributed by atoms with van der Waals surface area (Å²) < 4.78 is 47.4. The SMILES string of the molecule is CC1CC(CNCc2cc(F)cc(F)c2)OC2C1C1(C)CCCC34CCC(OC5CN(C(=O)CC6CC6)CCO5)C(C)(C)C3CCC(C4)C1(C)C2O. The molecule has 2 saturated heterocycles. The lowest BCUT2D eigenvalue weighted by molar-refractivity contribution is -0.253. The van der Waals surface area contributed by atoms with Crippen molar-refractivity contribution in [1.82, 2.24) is 10.2 Å². The van der Waals surface area contributed by atoms with Gasteiger partial charge in [-0.05, 0) is 128 Å². The van der Waals surface area contributed by atoms with Gasteiger partial charge in [-0.25, -0.2) is 8.78 Å². The average molecular weight is 727 g/mol. The van der Waals surface area contributed by atoms with Crippen molar-refractivity contribution in [2.45, 2.75) is 149 Å². The Morgan fingerprint density at radius 3 is 2.56 bits per heavy atom. The van der Waals surface area contributed by atoms with Crippen LogP contribution in [0.3, 0.4) is 0 Å². The third-order valence-corrected chi connectivity index (χ3v) is 16.4. The number of morpholine rings is 1. The molecule has 12 atom stereocenters. The van der Waals surface area contributed by atoms with Gasteiger partial charge >= 0.3 is 0 Å². The van der Waals surface area contributed by atoms with Gasteiger partial charge in [0.25, 0.3) is 0 Å². The average Bonchev–Trinajstić information content (AvgIpc) is 3.89. The molecule has 2 N–H and O–H groups in total. The Hall–Kier alpha value is -1.65. The Morgan fingerprint density at radius 1 is 1.04 bits per heavy atom. The Bertz CT molecular complexity index is 1470. The normalized spacial score (nSPS) is 44.2. The fraction of sp³-hybridized carbons (Fsp3) is 0.837. The summed E-state index contributed by atoms with van der Waals surface area (Å²) in [6.07, 6.45) is 11.9. The molecule has 5 aliphatic carbocycles. The van der Waals surface area contributed by atoms with E-state index in [2.05, 4.69) is 39.9 Å². The molecule has 7 nitrogen and oxygen atoms in total. The van der Waals surface area contributed by atoms with Gasteiger partial charge in [-0.1, -0.05) is 41.0 Å². The molecule has 290 valence electrons. The van der Waals surface area contributed by atoms with Crippen LogP contribution in [0.5, 0.6) is 0 Å². The second-order valence-corrected chi connectivity index (χ2v) is 19.5. The molecule has 1 aromatic rings. The molecule has 0 radical (unpaired) electrons. The molecule has 0 aromatic heterocycles. The molecule has 9 heteroatoms. The number of carbonyl (C=O) groups is 1. The molecule has 2 aliphatic heterocycles. The van der Waals surface area contributed by atoms with Gasteiger partial charge in [0.05, 0.1) is 37.6 Å². The van der Waals surface area contributed by atoms with Gasteiger partial charge in [-0.3, -0.25) is 4.79 Å². The van der Waals surface area contributed by atoms with Crippen molar-refractivity contribution in [3.63, 3.8) is 0 Å². The van der Waals surface area contributed by atoms with Crippen molar-refractivity contribution in [3.05, 3.63) is 35.4 Å². The Labute approximate surface area is 310 Å². The minimum Gasteiger partial charge on any atom is -0.390 e. The maximum atomic E-state index is 13.8. The lowest BCUT2D eigenvalue weighted by Crippen LogP contribution is -2.60. The summed E-state index contributed by atoms with van der Waals surface area (Å²) in [5.74, 6) is 1.37. The molecular weight excluding hydrogens is 662 g/mol. The number of carbonyl (C=O) groups excluding carboxylic acids is 1. The van der Waals surface area contributed by atoms with E-state index in [4.69, 9.17) is 14.2 Å². The van der Waals surface area contributed by atoms with Gasteiger partial charge in [-0.2, -0.15) is 0 Å². The van der Waals surface area contributed by atoms with Gasteiger partial charge < -0.3 is 29.5 Å². The number of hydrogen-bond acceptors (Lipinski definition) is 6. The van der Waals surface area contributed by atoms with Crippen LogP contribution in [-0.4, -0.2) is 72.9 Å². The standard InChI is InChI=1S/C43H64F2N2O5/c1-26-17-32(24-46-23-28-18-30(44)21-31(45)19-28)51-38-37(26)41(4)12-6-13-43-14-11-34(52-36-25-47(15-16-50-36)35(48)20-27-7-8-27)40(2,3)33(43)10-9-29(22-43)42(41,5)39(38)49/h18-19,21,26-27,29,32-34,36-39,46,49H,6-17,20,22-25H2,1-5H3. The van der Waals surface area contributed by atoms with Crippen molar-refractivity contribution < 1.29 is 32.9 Å². The van der Waals surface area contributed by atoms with Gasteiger partial charge in [0.1, 0.15) is 11.6 Å². The number of nitrogens with one attached hydrogen (secondary N) is 1. The van der Waals surface area contributed by atoms with E-state index in [9.17, 15) is 18.7 Å². The van der Waals surface area contributed by atoms with Crippen molar-refractivity contribution >= 4 is 5.91 Å². The first-order valence-electron chi connectivity index (χ1n) is 20.8. The van der Waals surface area contributed by atoms with Crippen LogP contribution >= 0.6 is 0 Å². The number of hydrogen-bond donors (Lipinski definition) is 2. The summed E-state index contributed by atoms with van der Waals surface area (Å²) in [6, 6.07) is 3.64. The summed E-state index contributed by atoms with van der Waals surface area (Å²) in [5, 5.41) is 15.9. The highest BCUT2D eigenvalue weighted by Gasteiger charge is 2.71. The van der Waals surface area contributed by atoms with Crippen LogP contribution in [-0.2, 0) is 25.5 Å². The molecule has 1 spiro atoms. The number of benzene rings is 1. The summed E-state index contributed by atoms with van der Waals surface area (Å²) in [5.41, 5.74) is 0.522. The second kappa shape index (κ2) is 13.8. The molecule has 2 heterocycles. The van der Waals surface area contributed by atoms with Crippen molar-refractivity contribution in [3.8, 4) is 0 Å². The first-order chi connectivity index (χ1) is 24.7. The van der Waals surface area contributed by atoms with E-state index in [-0.39, 0.29) is 52.2 Å². The Kier molecular flexibility index (Phi) is 9.91. The van der Waals surface area contributed by atoms with Crippen LogP contribution in [0, 0.1) is 62.9 Å². The third-order valence-electron chi connectivity index (χ3n) is 16.4. The van der Waals surface area contributed by atoms with Crippen LogP contribution in [0.2, 0.25) is 0 Å². The first kappa shape index (κ1) is 37.3. The molecule has 5 saturated carbocycles. The fourth-order valence-corrected chi connectivity index (χ4v) is 13.5. The molecule has 1 aromatic carbocycles. The molecule has 2 bridgehead atoms. The minimum absolute atomic E-state index is 0.0201. The number of rotatable bonds is 8. The van der Waals surface area contributed by atoms with Crippen LogP contribution < -0.4 is 5.32 Å². The van der Waals surface area contributed by atoms with E-state index in [1.165, 1.54) is 37.8 Å². The summed E-state index contributed by atoms with van der Waals surface area (Å²) in [6.45, 7) is 14.8. The highest BCUT2D eigenvalue weighted by molar-refractivity contribution is 5.76. The summed E-state index contributed by atoms with van der Waals surface area (Å²) >= 11 is 0. The molecule has 7 fully saturated rings. The van der Waals surface area contributed by atoms with Crippen molar-refractivity contribution in [2.24, 2.45) is 51.2 Å². The summed E-state index contributed by atoms with van der Waals surface area (Å²) in [4.78, 5) is 14.9. The molecular formula is C43H64F2N2O5. The number of aliphatic hydroxyl groups is 1. The quantitative estimate of drug-likeness (QED) is 0.287. The second-order valence-electron chi connectivity index (χ2n) is 19.5. The van der Waals surface area contributed by atoms with Gasteiger partial charge in [0, 0.05) is 37.5 Å². The molecule has 52 heavy (non-hydrogen) atoms. The maximum Gasteiger partial charge on any atom is 0.223 e. The van der Waals surface area contributed by atoms with Crippen molar-refractivity contribution in [2.75, 3.05) is 26.2 Å². The zero-order valence-corrected chi connectivity index (χ0v) is 32.3. The first-order valence-corrected chi connectivity index (χ1v) is 20.8. The molecule has 12 unspecified atom stereocenters. The molecule has 1 amide bonds. The lowest BCUT2D eigenvalue weighted by Gasteiger charge is -2.64. The highest BCUT2D eigenvalue weighted by Crippen LogP contribution is 2.73. The third kappa shape index (κ3) is 6.38. The molecule has 8 rings (SSSR count). The number of nitrogens with zero attached hydrogens (tertiary/aromatic N) is 1. The van der Waals surface area contributed by atoms with E-state index in [0.717, 1.165) is 51.0 Å². The van der Waals surface area contributed by atoms with E-state index < -0.39 is 17.7 Å². The highest BCUT2D eigenvalue weighted by atomic mass is 19.1. The monoisotopic (exact) mass is 726 g/mol.